The topological polar surface area (TPSA) is 92.7 Å². The van der Waals surface area contributed by atoms with E-state index in [4.69, 9.17) is 5.11 Å². The molecular weight excluding hydrogens is 230 g/mol. The third-order valence-electron chi connectivity index (χ3n) is 1.31. The number of thiophene rings is 1. The van der Waals surface area contributed by atoms with Gasteiger partial charge in [0.2, 0.25) is 0 Å². The largest absolute Gasteiger partial charge is 0.477 e. The summed E-state index contributed by atoms with van der Waals surface area (Å²) in [6.07, 6.45) is 0. The highest BCUT2D eigenvalue weighted by Crippen LogP contribution is 2.21. The van der Waals surface area contributed by atoms with Gasteiger partial charge in [-0.25, -0.2) is 13.2 Å². The normalized spacial score (nSPS) is 11.5. The fourth-order valence-corrected chi connectivity index (χ4v) is 2.89. The Kier molecular flexibility index (Phi) is 3.21. The molecular formula is C6H7NO5S2. The highest BCUT2D eigenvalue weighted by molar-refractivity contribution is 7.89. The van der Waals surface area contributed by atoms with Crippen LogP contribution in [0.1, 0.15) is 9.67 Å². The van der Waals surface area contributed by atoms with E-state index in [-0.39, 0.29) is 9.77 Å². The van der Waals surface area contributed by atoms with Gasteiger partial charge in [-0.05, 0) is 11.4 Å². The van der Waals surface area contributed by atoms with E-state index in [1.807, 2.05) is 0 Å². The summed E-state index contributed by atoms with van der Waals surface area (Å²) in [6, 6.07) is 1.20. The third kappa shape index (κ3) is 2.10. The van der Waals surface area contributed by atoms with Crippen molar-refractivity contribution in [3.05, 3.63) is 16.3 Å². The first-order chi connectivity index (χ1) is 6.49. The maximum Gasteiger partial charge on any atom is 0.347 e. The molecule has 0 radical (unpaired) electrons. The number of hydrogen-bond acceptors (Lipinski definition) is 5. The molecule has 78 valence electrons. The van der Waals surface area contributed by atoms with Crippen LogP contribution in [0.5, 0.6) is 0 Å². The highest BCUT2D eigenvalue weighted by Gasteiger charge is 2.23. The predicted octanol–water partition coefficient (Wildman–Crippen LogP) is 0.286. The van der Waals surface area contributed by atoms with Crippen molar-refractivity contribution < 1.29 is 23.2 Å². The molecule has 0 spiro atoms. The van der Waals surface area contributed by atoms with Crippen LogP contribution in [-0.4, -0.2) is 26.6 Å². The molecule has 0 bridgehead atoms. The summed E-state index contributed by atoms with van der Waals surface area (Å²) in [5.74, 6) is -1.28. The Labute approximate surface area is 84.1 Å². The predicted molar refractivity (Wildman–Crippen MR) is 48.6 cm³/mol. The summed E-state index contributed by atoms with van der Waals surface area (Å²) in [6.45, 7) is 0. The van der Waals surface area contributed by atoms with Gasteiger partial charge in [0.15, 0.2) is 0 Å². The van der Waals surface area contributed by atoms with Crippen LogP contribution in [0.3, 0.4) is 0 Å². The van der Waals surface area contributed by atoms with Crippen molar-refractivity contribution in [2.24, 2.45) is 0 Å². The summed E-state index contributed by atoms with van der Waals surface area (Å²) in [5, 5.41) is 10.0. The van der Waals surface area contributed by atoms with E-state index in [2.05, 4.69) is 4.84 Å². The molecule has 1 aromatic heterocycles. The lowest BCUT2D eigenvalue weighted by Crippen LogP contribution is -2.23. The van der Waals surface area contributed by atoms with E-state index in [1.165, 1.54) is 11.4 Å². The minimum atomic E-state index is -3.89. The molecule has 1 aromatic rings. The third-order valence-corrected chi connectivity index (χ3v) is 3.64. The number of hydrogen-bond donors (Lipinski definition) is 2. The Hall–Kier alpha value is -0.960. The summed E-state index contributed by atoms with van der Waals surface area (Å²) >= 11 is 0.836. The van der Waals surface area contributed by atoms with Gasteiger partial charge in [-0.15, -0.1) is 11.3 Å². The van der Waals surface area contributed by atoms with Crippen molar-refractivity contribution in [3.8, 4) is 0 Å². The standard InChI is InChI=1S/C6H7NO5S2/c1-12-7-14(10,11)4-2-3-13-5(4)6(8)9/h2-3,7H,1H3,(H,8,9). The molecule has 0 aliphatic carbocycles. The Bertz CT molecular complexity index is 435. The molecule has 0 unspecified atom stereocenters. The second-order valence-electron chi connectivity index (χ2n) is 2.21. The van der Waals surface area contributed by atoms with Gasteiger partial charge >= 0.3 is 5.97 Å². The molecule has 0 aromatic carbocycles. The first-order valence-electron chi connectivity index (χ1n) is 3.34. The van der Waals surface area contributed by atoms with Crippen molar-refractivity contribution in [3.63, 3.8) is 0 Å². The average Bonchev–Trinajstić information content (AvgIpc) is 2.51. The number of carbonyl (C=O) groups is 1. The van der Waals surface area contributed by atoms with E-state index in [1.54, 1.807) is 4.89 Å². The Morgan fingerprint density at radius 1 is 1.64 bits per heavy atom. The van der Waals surface area contributed by atoms with Gasteiger partial charge in [0.25, 0.3) is 10.0 Å². The molecule has 0 saturated heterocycles. The zero-order valence-corrected chi connectivity index (χ0v) is 8.68. The first kappa shape index (κ1) is 11.1. The van der Waals surface area contributed by atoms with Gasteiger partial charge in [0.05, 0.1) is 7.11 Å². The second-order valence-corrected chi connectivity index (χ2v) is 4.74. The fraction of sp³-hybridized carbons (Fsp3) is 0.167. The van der Waals surface area contributed by atoms with Gasteiger partial charge in [-0.2, -0.15) is 0 Å². The van der Waals surface area contributed by atoms with Crippen molar-refractivity contribution in [1.82, 2.24) is 4.89 Å². The van der Waals surface area contributed by atoms with Crippen molar-refractivity contribution >= 4 is 27.3 Å². The van der Waals surface area contributed by atoms with E-state index in [0.717, 1.165) is 18.4 Å². The molecule has 0 fully saturated rings. The van der Waals surface area contributed by atoms with E-state index in [9.17, 15) is 13.2 Å². The monoisotopic (exact) mass is 237 g/mol. The minimum absolute atomic E-state index is 0.241. The highest BCUT2D eigenvalue weighted by atomic mass is 32.2. The SMILES string of the molecule is CONS(=O)(=O)c1ccsc1C(=O)O. The van der Waals surface area contributed by atoms with Crippen LogP contribution in [0.4, 0.5) is 0 Å². The molecule has 0 amide bonds. The van der Waals surface area contributed by atoms with Crippen molar-refractivity contribution in [1.29, 1.82) is 0 Å². The van der Waals surface area contributed by atoms with Gasteiger partial charge in [-0.3, -0.25) is 4.84 Å². The number of rotatable bonds is 4. The zero-order valence-electron chi connectivity index (χ0n) is 7.05. The Morgan fingerprint density at radius 2 is 2.29 bits per heavy atom. The quantitative estimate of drug-likeness (QED) is 0.734. The summed E-state index contributed by atoms with van der Waals surface area (Å²) in [7, 11) is -2.76. The molecule has 1 heterocycles. The van der Waals surface area contributed by atoms with E-state index in [0.29, 0.717) is 0 Å². The molecule has 1 rings (SSSR count). The van der Waals surface area contributed by atoms with Crippen LogP contribution in [0, 0.1) is 0 Å². The van der Waals surface area contributed by atoms with Crippen LogP contribution >= 0.6 is 11.3 Å². The molecule has 0 saturated carbocycles. The number of nitrogens with one attached hydrogen (secondary N) is 1. The molecule has 0 atom stereocenters. The number of carboxylic acids is 1. The lowest BCUT2D eigenvalue weighted by molar-refractivity contribution is 0.0698. The number of aromatic carboxylic acids is 1. The van der Waals surface area contributed by atoms with Crippen LogP contribution in [0.15, 0.2) is 16.3 Å². The van der Waals surface area contributed by atoms with E-state index < -0.39 is 16.0 Å². The summed E-state index contributed by atoms with van der Waals surface area (Å²) in [4.78, 5) is 16.0. The summed E-state index contributed by atoms with van der Waals surface area (Å²) in [5.41, 5.74) is 0. The molecule has 0 aliphatic rings. The zero-order chi connectivity index (χ0) is 10.8. The molecule has 8 heteroatoms. The minimum Gasteiger partial charge on any atom is -0.477 e. The molecule has 2 N–H and O–H groups in total. The van der Waals surface area contributed by atoms with E-state index >= 15 is 0 Å². The maximum absolute atomic E-state index is 11.3. The molecule has 0 aliphatic heterocycles. The van der Waals surface area contributed by atoms with Crippen molar-refractivity contribution in [2.45, 2.75) is 4.90 Å². The second kappa shape index (κ2) is 4.05. The molecule has 14 heavy (non-hydrogen) atoms. The smallest absolute Gasteiger partial charge is 0.347 e. The van der Waals surface area contributed by atoms with Crippen LogP contribution in [-0.2, 0) is 14.9 Å². The number of sulfonamides is 1. The van der Waals surface area contributed by atoms with Crippen LogP contribution in [0.25, 0.3) is 0 Å². The fourth-order valence-electron chi connectivity index (χ4n) is 0.820. The van der Waals surface area contributed by atoms with Crippen LogP contribution in [0.2, 0.25) is 0 Å². The van der Waals surface area contributed by atoms with Gasteiger partial charge < -0.3 is 5.11 Å². The maximum atomic E-state index is 11.3. The lowest BCUT2D eigenvalue weighted by atomic mass is 10.5. The van der Waals surface area contributed by atoms with Gasteiger partial charge in [0, 0.05) is 0 Å². The van der Waals surface area contributed by atoms with Gasteiger partial charge in [0.1, 0.15) is 9.77 Å². The lowest BCUT2D eigenvalue weighted by Gasteiger charge is -2.02. The first-order valence-corrected chi connectivity index (χ1v) is 5.71. The van der Waals surface area contributed by atoms with Crippen LogP contribution < -0.4 is 4.89 Å². The van der Waals surface area contributed by atoms with Gasteiger partial charge in [-0.1, -0.05) is 4.89 Å². The average molecular weight is 237 g/mol. The summed E-state index contributed by atoms with van der Waals surface area (Å²) < 4.78 is 22.7. The number of carboxylic acid groups (broad SMARTS) is 1. The Morgan fingerprint density at radius 3 is 2.79 bits per heavy atom. The Balaban J connectivity index is 3.19. The molecule has 6 nitrogen and oxygen atoms in total. The van der Waals surface area contributed by atoms with Crippen molar-refractivity contribution in [2.75, 3.05) is 7.11 Å².